The molecular formula is C16H12FNOS. The molecule has 0 spiro atoms. The van der Waals surface area contributed by atoms with Crippen LogP contribution in [0.3, 0.4) is 0 Å². The lowest BCUT2D eigenvalue weighted by Gasteiger charge is -2.05. The van der Waals surface area contributed by atoms with Crippen LogP contribution in [-0.4, -0.2) is 10.8 Å². The molecule has 2 nitrogen and oxygen atoms in total. The number of nitrogens with zero attached hydrogens (tertiary/aromatic N) is 1. The number of carbonyl (C=O) groups excluding carboxylic acids is 1. The molecule has 0 saturated heterocycles. The fourth-order valence-corrected chi connectivity index (χ4v) is 2.99. The number of hydrogen-bond donors (Lipinski definition) is 0. The monoisotopic (exact) mass is 285 g/mol. The van der Waals surface area contributed by atoms with E-state index >= 15 is 0 Å². The molecule has 0 aliphatic heterocycles. The molecule has 1 heterocycles. The highest BCUT2D eigenvalue weighted by Gasteiger charge is 2.14. The second-order valence-corrected chi connectivity index (χ2v) is 5.57. The normalized spacial score (nSPS) is 10.9. The number of aromatic nitrogens is 1. The van der Waals surface area contributed by atoms with Gasteiger partial charge in [0.05, 0.1) is 6.42 Å². The predicted molar refractivity (Wildman–Crippen MR) is 78.8 cm³/mol. The first kappa shape index (κ1) is 12.9. The average molecular weight is 285 g/mol. The maximum absolute atomic E-state index is 13.7. The molecule has 1 aromatic heterocycles. The maximum atomic E-state index is 13.7. The second kappa shape index (κ2) is 5.13. The Morgan fingerprint density at radius 3 is 2.65 bits per heavy atom. The zero-order valence-electron chi connectivity index (χ0n) is 10.9. The summed E-state index contributed by atoms with van der Waals surface area (Å²) in [5, 5.41) is 3.85. The summed E-state index contributed by atoms with van der Waals surface area (Å²) < 4.78 is 13.7. The number of carbonyl (C=O) groups is 1. The van der Waals surface area contributed by atoms with Gasteiger partial charge in [0.2, 0.25) is 0 Å². The third-order valence-corrected chi connectivity index (χ3v) is 4.12. The van der Waals surface area contributed by atoms with Gasteiger partial charge in [0, 0.05) is 22.0 Å². The molecule has 0 aliphatic carbocycles. The Morgan fingerprint density at radius 1 is 1.20 bits per heavy atom. The Kier molecular flexibility index (Phi) is 3.32. The molecule has 0 saturated carbocycles. The Morgan fingerprint density at radius 2 is 1.95 bits per heavy atom. The summed E-state index contributed by atoms with van der Waals surface area (Å²) >= 11 is 1.48. The van der Waals surface area contributed by atoms with E-state index < -0.39 is 0 Å². The van der Waals surface area contributed by atoms with E-state index in [-0.39, 0.29) is 18.0 Å². The third-order valence-electron chi connectivity index (χ3n) is 3.15. The van der Waals surface area contributed by atoms with Crippen molar-refractivity contribution < 1.29 is 9.18 Å². The van der Waals surface area contributed by atoms with Crippen molar-refractivity contribution in [3.63, 3.8) is 0 Å². The largest absolute Gasteiger partial charge is 0.294 e. The number of rotatable bonds is 3. The zero-order chi connectivity index (χ0) is 14.1. The van der Waals surface area contributed by atoms with Crippen LogP contribution in [-0.2, 0) is 6.42 Å². The topological polar surface area (TPSA) is 30.0 Å². The SMILES string of the molecule is Cc1csc(CC(=O)c2ccc(F)c3ccccc23)n1. The number of halogens is 1. The Balaban J connectivity index is 2.01. The fourth-order valence-electron chi connectivity index (χ4n) is 2.22. The van der Waals surface area contributed by atoms with Crippen molar-refractivity contribution in [1.82, 2.24) is 4.98 Å². The highest BCUT2D eigenvalue weighted by molar-refractivity contribution is 7.09. The van der Waals surface area contributed by atoms with Crippen molar-refractivity contribution in [2.24, 2.45) is 0 Å². The Bertz CT molecular complexity index is 794. The lowest BCUT2D eigenvalue weighted by molar-refractivity contribution is 0.0994. The zero-order valence-corrected chi connectivity index (χ0v) is 11.7. The van der Waals surface area contributed by atoms with E-state index in [0.717, 1.165) is 10.7 Å². The molecule has 0 bridgehead atoms. The van der Waals surface area contributed by atoms with Crippen LogP contribution >= 0.6 is 11.3 Å². The number of ketones is 1. The molecule has 0 N–H and O–H groups in total. The lowest BCUT2D eigenvalue weighted by Crippen LogP contribution is -2.04. The summed E-state index contributed by atoms with van der Waals surface area (Å²) in [6.07, 6.45) is 0.258. The van der Waals surface area contributed by atoms with Crippen molar-refractivity contribution in [3.8, 4) is 0 Å². The summed E-state index contributed by atoms with van der Waals surface area (Å²) in [6.45, 7) is 1.90. The minimum atomic E-state index is -0.303. The van der Waals surface area contributed by atoms with Gasteiger partial charge in [-0.05, 0) is 24.4 Å². The summed E-state index contributed by atoms with van der Waals surface area (Å²) in [5.74, 6) is -0.335. The summed E-state index contributed by atoms with van der Waals surface area (Å²) in [4.78, 5) is 16.7. The van der Waals surface area contributed by atoms with Crippen molar-refractivity contribution in [2.45, 2.75) is 13.3 Å². The second-order valence-electron chi connectivity index (χ2n) is 4.62. The van der Waals surface area contributed by atoms with Gasteiger partial charge in [0.25, 0.3) is 0 Å². The summed E-state index contributed by atoms with van der Waals surface area (Å²) in [6, 6.07) is 9.95. The van der Waals surface area contributed by atoms with E-state index in [2.05, 4.69) is 4.98 Å². The van der Waals surface area contributed by atoms with Crippen LogP contribution in [0.1, 0.15) is 21.1 Å². The third kappa shape index (κ3) is 2.34. The van der Waals surface area contributed by atoms with Gasteiger partial charge < -0.3 is 0 Å². The Labute approximate surface area is 119 Å². The molecule has 0 atom stereocenters. The Hall–Kier alpha value is -2.07. The number of fused-ring (bicyclic) bond motifs is 1. The number of thiazole rings is 1. The van der Waals surface area contributed by atoms with E-state index in [1.165, 1.54) is 17.4 Å². The van der Waals surface area contributed by atoms with Gasteiger partial charge in [-0.2, -0.15) is 0 Å². The minimum absolute atomic E-state index is 0.0319. The molecule has 3 aromatic rings. The van der Waals surface area contributed by atoms with Gasteiger partial charge in [0.1, 0.15) is 10.8 Å². The molecule has 0 amide bonds. The van der Waals surface area contributed by atoms with E-state index in [4.69, 9.17) is 0 Å². The van der Waals surface area contributed by atoms with E-state index in [1.54, 1.807) is 24.3 Å². The van der Waals surface area contributed by atoms with E-state index in [0.29, 0.717) is 16.3 Å². The molecule has 0 fully saturated rings. The van der Waals surface area contributed by atoms with Gasteiger partial charge >= 0.3 is 0 Å². The molecule has 2 aromatic carbocycles. The van der Waals surface area contributed by atoms with Crippen LogP contribution < -0.4 is 0 Å². The van der Waals surface area contributed by atoms with Gasteiger partial charge in [-0.1, -0.05) is 24.3 Å². The van der Waals surface area contributed by atoms with Gasteiger partial charge in [-0.15, -0.1) is 11.3 Å². The van der Waals surface area contributed by atoms with Crippen LogP contribution in [0, 0.1) is 12.7 Å². The molecular weight excluding hydrogens is 273 g/mol. The van der Waals surface area contributed by atoms with Crippen molar-refractivity contribution in [2.75, 3.05) is 0 Å². The van der Waals surface area contributed by atoms with E-state index in [9.17, 15) is 9.18 Å². The maximum Gasteiger partial charge on any atom is 0.170 e. The summed E-state index contributed by atoms with van der Waals surface area (Å²) in [7, 11) is 0. The minimum Gasteiger partial charge on any atom is -0.294 e. The number of benzene rings is 2. The molecule has 0 unspecified atom stereocenters. The molecule has 4 heteroatoms. The quantitative estimate of drug-likeness (QED) is 0.676. The molecule has 0 aliphatic rings. The average Bonchev–Trinajstić information content (AvgIpc) is 2.84. The van der Waals surface area contributed by atoms with Crippen LogP contribution in [0.4, 0.5) is 4.39 Å². The van der Waals surface area contributed by atoms with Crippen LogP contribution in [0.5, 0.6) is 0 Å². The van der Waals surface area contributed by atoms with Crippen LogP contribution in [0.2, 0.25) is 0 Å². The first-order valence-corrected chi connectivity index (χ1v) is 7.14. The number of Topliss-reactive ketones (excluding diaryl/α,β-unsaturated/α-hetero) is 1. The molecule has 100 valence electrons. The highest BCUT2D eigenvalue weighted by Crippen LogP contribution is 2.23. The van der Waals surface area contributed by atoms with Crippen LogP contribution in [0.15, 0.2) is 41.8 Å². The van der Waals surface area contributed by atoms with E-state index in [1.807, 2.05) is 18.4 Å². The lowest BCUT2D eigenvalue weighted by atomic mass is 9.99. The molecule has 3 rings (SSSR count). The standard InChI is InChI=1S/C16H12FNOS/c1-10-9-20-16(18-10)8-15(19)13-6-7-14(17)12-5-3-2-4-11(12)13/h2-7,9H,8H2,1H3. The summed E-state index contributed by atoms with van der Waals surface area (Å²) in [5.41, 5.74) is 1.47. The molecule has 20 heavy (non-hydrogen) atoms. The predicted octanol–water partition coefficient (Wildman–Crippen LogP) is 4.17. The smallest absolute Gasteiger partial charge is 0.170 e. The van der Waals surface area contributed by atoms with Gasteiger partial charge in [0.15, 0.2) is 5.78 Å². The first-order chi connectivity index (χ1) is 9.65. The van der Waals surface area contributed by atoms with Crippen molar-refractivity contribution in [1.29, 1.82) is 0 Å². The highest BCUT2D eigenvalue weighted by atomic mass is 32.1. The van der Waals surface area contributed by atoms with Gasteiger partial charge in [-0.3, -0.25) is 4.79 Å². The fraction of sp³-hybridized carbons (Fsp3) is 0.125. The van der Waals surface area contributed by atoms with Crippen LogP contribution in [0.25, 0.3) is 10.8 Å². The van der Waals surface area contributed by atoms with Crippen molar-refractivity contribution >= 4 is 27.9 Å². The first-order valence-electron chi connectivity index (χ1n) is 6.26. The molecule has 0 radical (unpaired) electrons. The number of aryl methyl sites for hydroxylation is 1. The number of hydrogen-bond acceptors (Lipinski definition) is 3. The van der Waals surface area contributed by atoms with Crippen molar-refractivity contribution in [3.05, 3.63) is 63.9 Å². The van der Waals surface area contributed by atoms with Gasteiger partial charge in [-0.25, -0.2) is 9.37 Å².